The maximum Gasteiger partial charge on any atom is 0.261 e. The monoisotopic (exact) mass is 375 g/mol. The van der Waals surface area contributed by atoms with Gasteiger partial charge in [-0.1, -0.05) is 21.1 Å². The van der Waals surface area contributed by atoms with Crippen molar-refractivity contribution in [3.8, 4) is 0 Å². The summed E-state index contributed by atoms with van der Waals surface area (Å²) >= 11 is 3.37. The number of fused-ring (bicyclic) bond motifs is 1. The van der Waals surface area contributed by atoms with Crippen LogP contribution in [-0.4, -0.2) is 19.7 Å². The topological polar surface area (TPSA) is 99.8 Å². The normalized spacial score (nSPS) is 16.4. The van der Waals surface area contributed by atoms with Crippen molar-refractivity contribution in [1.82, 2.24) is 19.7 Å². The van der Waals surface area contributed by atoms with Gasteiger partial charge in [0.1, 0.15) is 6.54 Å². The van der Waals surface area contributed by atoms with Crippen LogP contribution < -0.4 is 11.3 Å². The van der Waals surface area contributed by atoms with Crippen LogP contribution in [0.25, 0.3) is 10.9 Å². The molecule has 2 aromatic heterocycles. The molecule has 1 aliphatic carbocycles. The van der Waals surface area contributed by atoms with Crippen LogP contribution in [0.4, 0.5) is 0 Å². The van der Waals surface area contributed by atoms with E-state index in [2.05, 4.69) is 31.1 Å². The Morgan fingerprint density at radius 1 is 1.39 bits per heavy atom. The molecule has 0 unspecified atom stereocenters. The summed E-state index contributed by atoms with van der Waals surface area (Å²) in [5.41, 5.74) is 6.21. The van der Waals surface area contributed by atoms with Gasteiger partial charge in [-0.15, -0.1) is 0 Å². The Morgan fingerprint density at radius 3 is 2.96 bits per heavy atom. The van der Waals surface area contributed by atoms with Crippen molar-refractivity contribution in [2.24, 2.45) is 5.73 Å². The third-order valence-corrected chi connectivity index (χ3v) is 4.74. The number of benzene rings is 1. The van der Waals surface area contributed by atoms with Crippen LogP contribution in [0.15, 0.2) is 38.3 Å². The molecule has 7 nitrogen and oxygen atoms in total. The van der Waals surface area contributed by atoms with Gasteiger partial charge in [0.15, 0.2) is 5.82 Å². The second kappa shape index (κ2) is 5.24. The average molecular weight is 376 g/mol. The molecule has 0 atom stereocenters. The molecule has 118 valence electrons. The van der Waals surface area contributed by atoms with E-state index in [1.807, 2.05) is 6.07 Å². The maximum atomic E-state index is 12.5. The summed E-state index contributed by atoms with van der Waals surface area (Å²) in [4.78, 5) is 21.2. The highest BCUT2D eigenvalue weighted by atomic mass is 79.9. The molecule has 3 aromatic rings. The summed E-state index contributed by atoms with van der Waals surface area (Å²) in [6.07, 6.45) is 4.28. The Bertz CT molecular complexity index is 944. The number of hydrogen-bond acceptors (Lipinski definition) is 6. The summed E-state index contributed by atoms with van der Waals surface area (Å²) in [7, 11) is 0. The summed E-state index contributed by atoms with van der Waals surface area (Å²) in [6, 6.07) is 5.40. The standard InChI is InChI=1S/C15H14BrN5O2/c16-9-2-3-11-10(6-9)13(22)21(8-18-11)7-12-19-14(20-23-12)15(17)4-1-5-15/h2-3,6,8H,1,4-5,7,17H2. The predicted octanol–water partition coefficient (Wildman–Crippen LogP) is 1.93. The molecule has 0 saturated heterocycles. The van der Waals surface area contributed by atoms with Crippen molar-refractivity contribution < 1.29 is 4.52 Å². The van der Waals surface area contributed by atoms with Crippen molar-refractivity contribution in [3.63, 3.8) is 0 Å². The van der Waals surface area contributed by atoms with Gasteiger partial charge in [0, 0.05) is 4.47 Å². The fraction of sp³-hybridized carbons (Fsp3) is 0.333. The smallest absolute Gasteiger partial charge is 0.261 e. The third-order valence-electron chi connectivity index (χ3n) is 4.25. The quantitative estimate of drug-likeness (QED) is 0.750. The van der Waals surface area contributed by atoms with Gasteiger partial charge in [0.25, 0.3) is 5.56 Å². The second-order valence-corrected chi connectivity index (χ2v) is 6.78. The van der Waals surface area contributed by atoms with Crippen LogP contribution >= 0.6 is 15.9 Å². The largest absolute Gasteiger partial charge is 0.337 e. The molecule has 2 N–H and O–H groups in total. The van der Waals surface area contributed by atoms with Crippen molar-refractivity contribution in [2.45, 2.75) is 31.3 Å². The molecule has 0 amide bonds. The molecule has 1 fully saturated rings. The van der Waals surface area contributed by atoms with Crippen LogP contribution in [0.2, 0.25) is 0 Å². The molecule has 0 aliphatic heterocycles. The predicted molar refractivity (Wildman–Crippen MR) is 86.8 cm³/mol. The number of aromatic nitrogens is 4. The number of nitrogens with zero attached hydrogens (tertiary/aromatic N) is 4. The molecular weight excluding hydrogens is 362 g/mol. The van der Waals surface area contributed by atoms with E-state index in [1.165, 1.54) is 10.9 Å². The molecule has 1 aliphatic rings. The van der Waals surface area contributed by atoms with E-state index in [1.54, 1.807) is 12.1 Å². The van der Waals surface area contributed by atoms with Gasteiger partial charge in [-0.2, -0.15) is 4.98 Å². The summed E-state index contributed by atoms with van der Waals surface area (Å²) in [5.74, 6) is 0.873. The first kappa shape index (κ1) is 14.5. The number of rotatable bonds is 3. The van der Waals surface area contributed by atoms with Gasteiger partial charge in [-0.25, -0.2) is 4.98 Å². The van der Waals surface area contributed by atoms with Crippen molar-refractivity contribution in [3.05, 3.63) is 51.1 Å². The van der Waals surface area contributed by atoms with Crippen LogP contribution in [0.3, 0.4) is 0 Å². The van der Waals surface area contributed by atoms with E-state index < -0.39 is 5.54 Å². The molecule has 1 saturated carbocycles. The second-order valence-electron chi connectivity index (χ2n) is 5.86. The fourth-order valence-electron chi connectivity index (χ4n) is 2.69. The number of hydrogen-bond donors (Lipinski definition) is 1. The van der Waals surface area contributed by atoms with Crippen molar-refractivity contribution >= 4 is 26.8 Å². The lowest BCUT2D eigenvalue weighted by molar-refractivity contribution is 0.228. The summed E-state index contributed by atoms with van der Waals surface area (Å²) in [6.45, 7) is 0.178. The Kier molecular flexibility index (Phi) is 3.31. The van der Waals surface area contributed by atoms with Crippen LogP contribution in [0.1, 0.15) is 31.0 Å². The van der Waals surface area contributed by atoms with E-state index in [0.29, 0.717) is 22.6 Å². The minimum atomic E-state index is -0.473. The zero-order chi connectivity index (χ0) is 16.0. The zero-order valence-corrected chi connectivity index (χ0v) is 13.8. The summed E-state index contributed by atoms with van der Waals surface area (Å²) < 4.78 is 7.53. The van der Waals surface area contributed by atoms with Gasteiger partial charge in [-0.3, -0.25) is 9.36 Å². The highest BCUT2D eigenvalue weighted by Crippen LogP contribution is 2.36. The van der Waals surface area contributed by atoms with E-state index >= 15 is 0 Å². The molecule has 0 bridgehead atoms. The molecule has 0 radical (unpaired) electrons. The van der Waals surface area contributed by atoms with E-state index in [-0.39, 0.29) is 12.1 Å². The van der Waals surface area contributed by atoms with E-state index in [4.69, 9.17) is 10.3 Å². The van der Waals surface area contributed by atoms with Gasteiger partial charge in [0.05, 0.1) is 22.8 Å². The first-order chi connectivity index (χ1) is 11.0. The Balaban J connectivity index is 1.68. The summed E-state index contributed by atoms with van der Waals surface area (Å²) in [5, 5.41) is 4.50. The minimum absolute atomic E-state index is 0.151. The Labute approximate surface area is 139 Å². The zero-order valence-electron chi connectivity index (χ0n) is 12.2. The van der Waals surface area contributed by atoms with Crippen molar-refractivity contribution in [1.29, 1.82) is 0 Å². The van der Waals surface area contributed by atoms with Gasteiger partial charge < -0.3 is 10.3 Å². The molecule has 8 heteroatoms. The highest BCUT2D eigenvalue weighted by molar-refractivity contribution is 9.10. The lowest BCUT2D eigenvalue weighted by Gasteiger charge is -2.34. The van der Waals surface area contributed by atoms with Gasteiger partial charge >= 0.3 is 0 Å². The lowest BCUT2D eigenvalue weighted by atomic mass is 9.77. The van der Waals surface area contributed by atoms with Crippen LogP contribution in [0.5, 0.6) is 0 Å². The molecule has 2 heterocycles. The maximum absolute atomic E-state index is 12.5. The number of halogens is 1. The molecule has 1 aromatic carbocycles. The third kappa shape index (κ3) is 2.47. The average Bonchev–Trinajstić information content (AvgIpc) is 2.97. The van der Waals surface area contributed by atoms with E-state index in [0.717, 1.165) is 23.7 Å². The van der Waals surface area contributed by atoms with Gasteiger partial charge in [0.2, 0.25) is 5.89 Å². The molecule has 23 heavy (non-hydrogen) atoms. The first-order valence-electron chi connectivity index (χ1n) is 7.32. The SMILES string of the molecule is NC1(c2noc(Cn3cnc4ccc(Br)cc4c3=O)n2)CCC1. The fourth-order valence-corrected chi connectivity index (χ4v) is 3.05. The number of nitrogens with two attached hydrogens (primary N) is 1. The Morgan fingerprint density at radius 2 is 2.22 bits per heavy atom. The molecule has 0 spiro atoms. The van der Waals surface area contributed by atoms with Crippen LogP contribution in [-0.2, 0) is 12.1 Å². The minimum Gasteiger partial charge on any atom is -0.337 e. The van der Waals surface area contributed by atoms with E-state index in [9.17, 15) is 4.79 Å². The first-order valence-corrected chi connectivity index (χ1v) is 8.11. The Hall–Kier alpha value is -2.06. The highest BCUT2D eigenvalue weighted by Gasteiger charge is 2.38. The molecular formula is C15H14BrN5O2. The lowest BCUT2D eigenvalue weighted by Crippen LogP contribution is -2.44. The molecule has 4 rings (SSSR count). The van der Waals surface area contributed by atoms with Gasteiger partial charge in [-0.05, 0) is 37.5 Å². The van der Waals surface area contributed by atoms with Crippen molar-refractivity contribution in [2.75, 3.05) is 0 Å². The van der Waals surface area contributed by atoms with Crippen LogP contribution in [0, 0.1) is 0 Å².